The summed E-state index contributed by atoms with van der Waals surface area (Å²) in [5.41, 5.74) is 2.47. The summed E-state index contributed by atoms with van der Waals surface area (Å²) in [6.45, 7) is 4.96. The van der Waals surface area contributed by atoms with Crippen LogP contribution in [0, 0.1) is 13.8 Å². The van der Waals surface area contributed by atoms with Gasteiger partial charge in [0.2, 0.25) is 0 Å². The Kier molecular flexibility index (Phi) is 4.16. The maximum atomic E-state index is 5.64. The van der Waals surface area contributed by atoms with E-state index < -0.39 is 0 Å². The summed E-state index contributed by atoms with van der Waals surface area (Å²) in [5, 5.41) is 0. The van der Waals surface area contributed by atoms with Crippen LogP contribution < -0.4 is 4.74 Å². The van der Waals surface area contributed by atoms with Crippen molar-refractivity contribution in [3.8, 4) is 5.75 Å². The maximum absolute atomic E-state index is 5.64. The second-order valence-electron chi connectivity index (χ2n) is 3.11. The van der Waals surface area contributed by atoms with E-state index in [1.807, 2.05) is 0 Å². The van der Waals surface area contributed by atoms with E-state index >= 15 is 0 Å². The van der Waals surface area contributed by atoms with Crippen LogP contribution in [-0.4, -0.2) is 18.6 Å². The standard InChI is InChI=1S/C11H16OS/c1-9-4-5-10(2)11(8-9)12-6-7-13-3/h4-5,8H,6-7H2,1-3H3. The van der Waals surface area contributed by atoms with E-state index in [0.717, 1.165) is 18.1 Å². The Morgan fingerprint density at radius 1 is 1.31 bits per heavy atom. The van der Waals surface area contributed by atoms with Gasteiger partial charge in [-0.1, -0.05) is 12.1 Å². The zero-order valence-corrected chi connectivity index (χ0v) is 9.28. The number of ether oxygens (including phenoxy) is 1. The monoisotopic (exact) mass is 196 g/mol. The molecule has 72 valence electrons. The Labute approximate surface area is 84.5 Å². The Bertz CT molecular complexity index is 271. The molecule has 1 aromatic rings. The van der Waals surface area contributed by atoms with Gasteiger partial charge in [-0.2, -0.15) is 11.8 Å². The van der Waals surface area contributed by atoms with Crippen molar-refractivity contribution in [3.63, 3.8) is 0 Å². The Morgan fingerprint density at radius 2 is 2.08 bits per heavy atom. The van der Waals surface area contributed by atoms with Crippen LogP contribution in [0.1, 0.15) is 11.1 Å². The highest BCUT2D eigenvalue weighted by molar-refractivity contribution is 7.98. The summed E-state index contributed by atoms with van der Waals surface area (Å²) in [7, 11) is 0. The molecule has 0 saturated carbocycles. The van der Waals surface area contributed by atoms with E-state index in [4.69, 9.17) is 4.74 Å². The average molecular weight is 196 g/mol. The summed E-state index contributed by atoms with van der Waals surface area (Å²) in [4.78, 5) is 0. The van der Waals surface area contributed by atoms with Gasteiger partial charge in [-0.15, -0.1) is 0 Å². The number of aryl methyl sites for hydroxylation is 2. The van der Waals surface area contributed by atoms with E-state index in [0.29, 0.717) is 0 Å². The lowest BCUT2D eigenvalue weighted by atomic mass is 10.1. The predicted molar refractivity (Wildman–Crippen MR) is 59.8 cm³/mol. The summed E-state index contributed by atoms with van der Waals surface area (Å²) in [6, 6.07) is 6.30. The summed E-state index contributed by atoms with van der Waals surface area (Å²) < 4.78 is 5.64. The first-order valence-electron chi connectivity index (χ1n) is 4.43. The fourth-order valence-electron chi connectivity index (χ4n) is 1.10. The molecule has 1 aromatic carbocycles. The Morgan fingerprint density at radius 3 is 2.77 bits per heavy atom. The van der Waals surface area contributed by atoms with Crippen LogP contribution in [0.15, 0.2) is 18.2 Å². The molecule has 0 aliphatic heterocycles. The van der Waals surface area contributed by atoms with Crippen molar-refractivity contribution in [2.45, 2.75) is 13.8 Å². The first-order valence-corrected chi connectivity index (χ1v) is 5.82. The van der Waals surface area contributed by atoms with Crippen molar-refractivity contribution in [2.24, 2.45) is 0 Å². The van der Waals surface area contributed by atoms with Gasteiger partial charge in [0.05, 0.1) is 6.61 Å². The van der Waals surface area contributed by atoms with Crippen LogP contribution in [0.25, 0.3) is 0 Å². The molecule has 0 atom stereocenters. The first kappa shape index (κ1) is 10.5. The lowest BCUT2D eigenvalue weighted by Gasteiger charge is -2.08. The van der Waals surface area contributed by atoms with Gasteiger partial charge < -0.3 is 4.74 Å². The molecule has 1 rings (SSSR count). The molecular weight excluding hydrogens is 180 g/mol. The lowest BCUT2D eigenvalue weighted by Crippen LogP contribution is -2.01. The van der Waals surface area contributed by atoms with E-state index in [-0.39, 0.29) is 0 Å². The summed E-state index contributed by atoms with van der Waals surface area (Å²) in [5.74, 6) is 2.07. The third-order valence-electron chi connectivity index (χ3n) is 1.89. The van der Waals surface area contributed by atoms with Crippen LogP contribution in [-0.2, 0) is 0 Å². The molecule has 0 heterocycles. The van der Waals surface area contributed by atoms with E-state index in [1.54, 1.807) is 11.8 Å². The topological polar surface area (TPSA) is 9.23 Å². The molecular formula is C11H16OS. The average Bonchev–Trinajstić information content (AvgIpc) is 2.11. The number of thioether (sulfide) groups is 1. The second kappa shape index (κ2) is 5.18. The van der Waals surface area contributed by atoms with Crippen LogP contribution in [0.4, 0.5) is 0 Å². The molecule has 0 saturated heterocycles. The fourth-order valence-corrected chi connectivity index (χ4v) is 1.35. The molecule has 0 amide bonds. The smallest absolute Gasteiger partial charge is 0.122 e. The van der Waals surface area contributed by atoms with Gasteiger partial charge in [0.1, 0.15) is 5.75 Å². The fraction of sp³-hybridized carbons (Fsp3) is 0.455. The Hall–Kier alpha value is -0.630. The van der Waals surface area contributed by atoms with Crippen LogP contribution >= 0.6 is 11.8 Å². The van der Waals surface area contributed by atoms with Gasteiger partial charge in [0, 0.05) is 5.75 Å². The minimum absolute atomic E-state index is 0.797. The van der Waals surface area contributed by atoms with Crippen molar-refractivity contribution < 1.29 is 4.74 Å². The van der Waals surface area contributed by atoms with Gasteiger partial charge in [-0.25, -0.2) is 0 Å². The quantitative estimate of drug-likeness (QED) is 0.684. The van der Waals surface area contributed by atoms with Gasteiger partial charge >= 0.3 is 0 Å². The zero-order valence-electron chi connectivity index (χ0n) is 8.46. The molecule has 0 aliphatic rings. The van der Waals surface area contributed by atoms with Crippen molar-refractivity contribution >= 4 is 11.8 Å². The van der Waals surface area contributed by atoms with Gasteiger partial charge in [0.15, 0.2) is 0 Å². The number of hydrogen-bond acceptors (Lipinski definition) is 2. The summed E-state index contributed by atoms with van der Waals surface area (Å²) in [6.07, 6.45) is 2.09. The number of benzene rings is 1. The molecule has 0 spiro atoms. The van der Waals surface area contributed by atoms with E-state index in [9.17, 15) is 0 Å². The molecule has 0 aliphatic carbocycles. The van der Waals surface area contributed by atoms with Crippen LogP contribution in [0.3, 0.4) is 0 Å². The predicted octanol–water partition coefficient (Wildman–Crippen LogP) is 3.05. The molecule has 0 radical (unpaired) electrons. The molecule has 2 heteroatoms. The van der Waals surface area contributed by atoms with Gasteiger partial charge in [-0.3, -0.25) is 0 Å². The van der Waals surface area contributed by atoms with Crippen molar-refractivity contribution in [1.82, 2.24) is 0 Å². The first-order chi connectivity index (χ1) is 6.24. The molecule has 0 bridgehead atoms. The third-order valence-corrected chi connectivity index (χ3v) is 2.46. The maximum Gasteiger partial charge on any atom is 0.122 e. The van der Waals surface area contributed by atoms with Crippen molar-refractivity contribution in [2.75, 3.05) is 18.6 Å². The third kappa shape index (κ3) is 3.31. The highest BCUT2D eigenvalue weighted by atomic mass is 32.2. The summed E-state index contributed by atoms with van der Waals surface area (Å²) >= 11 is 1.81. The second-order valence-corrected chi connectivity index (χ2v) is 4.10. The van der Waals surface area contributed by atoms with E-state index in [2.05, 4.69) is 38.3 Å². The highest BCUT2D eigenvalue weighted by Gasteiger charge is 1.98. The van der Waals surface area contributed by atoms with Crippen molar-refractivity contribution in [3.05, 3.63) is 29.3 Å². The largest absolute Gasteiger partial charge is 0.492 e. The van der Waals surface area contributed by atoms with Crippen LogP contribution in [0.5, 0.6) is 5.75 Å². The SMILES string of the molecule is CSCCOc1cc(C)ccc1C. The Balaban J connectivity index is 2.59. The number of rotatable bonds is 4. The number of hydrogen-bond donors (Lipinski definition) is 0. The van der Waals surface area contributed by atoms with Gasteiger partial charge in [-0.05, 0) is 37.3 Å². The highest BCUT2D eigenvalue weighted by Crippen LogP contribution is 2.18. The van der Waals surface area contributed by atoms with Crippen molar-refractivity contribution in [1.29, 1.82) is 0 Å². The van der Waals surface area contributed by atoms with E-state index in [1.165, 1.54) is 11.1 Å². The molecule has 0 N–H and O–H groups in total. The minimum atomic E-state index is 0.797. The van der Waals surface area contributed by atoms with Gasteiger partial charge in [0.25, 0.3) is 0 Å². The molecule has 0 unspecified atom stereocenters. The molecule has 0 aromatic heterocycles. The lowest BCUT2D eigenvalue weighted by molar-refractivity contribution is 0.341. The molecule has 13 heavy (non-hydrogen) atoms. The van der Waals surface area contributed by atoms with Crippen LogP contribution in [0.2, 0.25) is 0 Å². The minimum Gasteiger partial charge on any atom is -0.492 e. The molecule has 0 fully saturated rings. The molecule has 1 nitrogen and oxygen atoms in total. The zero-order chi connectivity index (χ0) is 9.68. The normalized spacial score (nSPS) is 10.1.